The van der Waals surface area contributed by atoms with Crippen LogP contribution >= 0.6 is 12.2 Å². The number of carbonyl (C=O) groups is 3. The van der Waals surface area contributed by atoms with Crippen molar-refractivity contribution < 1.29 is 49.5 Å². The SMILES string of the molecule is CCN=c1ccc2c(-c3ccccc3C(=O)N(C)CCCC(=O)NCCNC(=O)c3cccc(OCC=S)c3)c3ccc(NCC)c(S(=O)(=O)O)c3oc-2c1S(=O)(=O)O. The highest BCUT2D eigenvalue weighted by molar-refractivity contribution is 7.86. The minimum atomic E-state index is -5.05. The van der Waals surface area contributed by atoms with E-state index in [1.807, 2.05) is 0 Å². The molecule has 1 aliphatic carbocycles. The molecule has 5 N–H and O–H groups in total. The van der Waals surface area contributed by atoms with Gasteiger partial charge in [-0.05, 0) is 74.4 Å². The molecule has 3 aromatic carbocycles. The second kappa shape index (κ2) is 19.3. The van der Waals surface area contributed by atoms with Crippen LogP contribution in [0.15, 0.2) is 92.0 Å². The van der Waals surface area contributed by atoms with Crippen molar-refractivity contribution in [3.8, 4) is 28.2 Å². The van der Waals surface area contributed by atoms with Crippen molar-refractivity contribution in [1.82, 2.24) is 15.5 Å². The molecule has 59 heavy (non-hydrogen) atoms. The molecule has 5 rings (SSSR count). The Balaban J connectivity index is 1.40. The van der Waals surface area contributed by atoms with Gasteiger partial charge in [0.2, 0.25) is 5.91 Å². The van der Waals surface area contributed by atoms with Crippen molar-refractivity contribution >= 4 is 72.2 Å². The Kier molecular flexibility index (Phi) is 14.6. The van der Waals surface area contributed by atoms with E-state index in [1.165, 1.54) is 34.5 Å². The molecule has 1 aliphatic heterocycles. The van der Waals surface area contributed by atoms with Crippen LogP contribution in [0.2, 0.25) is 0 Å². The predicted molar refractivity (Wildman–Crippen MR) is 225 cm³/mol. The maximum atomic E-state index is 14.1. The Morgan fingerprint density at radius 2 is 1.63 bits per heavy atom. The van der Waals surface area contributed by atoms with Gasteiger partial charge in [0, 0.05) is 79.2 Å². The van der Waals surface area contributed by atoms with Gasteiger partial charge in [-0.25, -0.2) is 0 Å². The normalized spacial score (nSPS) is 12.0. The second-order valence-corrected chi connectivity index (χ2v) is 16.1. The number of fused-ring (bicyclic) bond motifs is 2. The maximum Gasteiger partial charge on any atom is 0.300 e. The van der Waals surface area contributed by atoms with Gasteiger partial charge in [-0.1, -0.05) is 36.5 Å². The van der Waals surface area contributed by atoms with Gasteiger partial charge in [0.05, 0.1) is 11.0 Å². The molecule has 3 amide bonds. The summed E-state index contributed by atoms with van der Waals surface area (Å²) in [5.74, 6) is -1.07. The zero-order valence-electron chi connectivity index (χ0n) is 32.4. The van der Waals surface area contributed by atoms with Crippen LogP contribution in [0.4, 0.5) is 5.69 Å². The number of carbonyl (C=O) groups excluding carboxylic acids is 3. The summed E-state index contributed by atoms with van der Waals surface area (Å²) < 4.78 is 84.1. The average molecular weight is 866 g/mol. The monoisotopic (exact) mass is 865 g/mol. The molecule has 0 atom stereocenters. The standard InChI is InChI=1S/C40H43N5O11S3/c1-4-41-31-17-15-29-34(30-16-18-32(42-5-2)38(59(52,53)54)36(30)56-35(29)37(31)58(49,50)51)27-12-6-7-13-28(27)40(48)45(3)21-9-14-33(46)43-19-20-44-39(47)25-10-8-11-26(24-25)55-22-23-57/h6-8,10-13,15-18,23-24,41H,4-5,9,14,19-22H2,1-3H3,(H,43,46)(H,44,47)(H,49,50,51)(H,52,53,54). The Bertz CT molecular complexity index is 2660. The van der Waals surface area contributed by atoms with Crippen molar-refractivity contribution in [2.45, 2.75) is 36.5 Å². The average Bonchev–Trinajstić information content (AvgIpc) is 3.19. The van der Waals surface area contributed by atoms with Gasteiger partial charge in [-0.2, -0.15) is 16.8 Å². The van der Waals surface area contributed by atoms with Crippen LogP contribution in [-0.4, -0.2) is 100 Å². The van der Waals surface area contributed by atoms with E-state index < -0.39 is 47.3 Å². The summed E-state index contributed by atoms with van der Waals surface area (Å²) in [5, 5.41) is 9.72. The van der Waals surface area contributed by atoms with E-state index >= 15 is 0 Å². The van der Waals surface area contributed by atoms with Gasteiger partial charge in [-0.15, -0.1) is 0 Å². The van der Waals surface area contributed by atoms with Crippen LogP contribution in [0.25, 0.3) is 33.4 Å². The van der Waals surface area contributed by atoms with E-state index in [1.54, 1.807) is 69.4 Å². The van der Waals surface area contributed by atoms with Gasteiger partial charge in [-0.3, -0.25) is 28.5 Å². The summed E-state index contributed by atoms with van der Waals surface area (Å²) in [5.41, 5.74) is 0.582. The van der Waals surface area contributed by atoms with Crippen LogP contribution in [-0.2, 0) is 25.0 Å². The summed E-state index contributed by atoms with van der Waals surface area (Å²) in [4.78, 5) is 43.5. The molecule has 0 unspecified atom stereocenters. The third-order valence-electron chi connectivity index (χ3n) is 8.98. The number of rotatable bonds is 18. The number of amides is 3. The Labute approximate surface area is 346 Å². The summed E-state index contributed by atoms with van der Waals surface area (Å²) in [7, 11) is -8.53. The number of hydrogen-bond acceptors (Lipinski definition) is 12. The lowest BCUT2D eigenvalue weighted by atomic mass is 9.90. The first-order valence-electron chi connectivity index (χ1n) is 18.4. The first-order chi connectivity index (χ1) is 28.1. The third kappa shape index (κ3) is 10.5. The fourth-order valence-corrected chi connectivity index (χ4v) is 8.13. The number of thiocarbonyl (C=S) groups is 1. The third-order valence-corrected chi connectivity index (χ3v) is 10.9. The zero-order chi connectivity index (χ0) is 42.9. The molecule has 3 aromatic rings. The predicted octanol–water partition coefficient (Wildman–Crippen LogP) is 4.83. The van der Waals surface area contributed by atoms with Crippen LogP contribution in [0, 0.1) is 0 Å². The second-order valence-electron chi connectivity index (χ2n) is 13.0. The minimum Gasteiger partial charge on any atom is -0.489 e. The quantitative estimate of drug-likeness (QED) is 0.0344. The first-order valence-corrected chi connectivity index (χ1v) is 21.8. The molecule has 0 bridgehead atoms. The molecular weight excluding hydrogens is 823 g/mol. The van der Waals surface area contributed by atoms with Crippen molar-refractivity contribution in [3.63, 3.8) is 0 Å². The molecule has 2 aliphatic rings. The summed E-state index contributed by atoms with van der Waals surface area (Å²) >= 11 is 4.76. The van der Waals surface area contributed by atoms with Gasteiger partial charge >= 0.3 is 0 Å². The largest absolute Gasteiger partial charge is 0.489 e. The lowest BCUT2D eigenvalue weighted by Crippen LogP contribution is -2.35. The van der Waals surface area contributed by atoms with Gasteiger partial charge in [0.15, 0.2) is 21.1 Å². The zero-order valence-corrected chi connectivity index (χ0v) is 34.8. The van der Waals surface area contributed by atoms with Crippen molar-refractivity contribution in [1.29, 1.82) is 0 Å². The lowest BCUT2D eigenvalue weighted by Gasteiger charge is -2.23. The summed E-state index contributed by atoms with van der Waals surface area (Å²) in [6.07, 6.45) is 0.345. The number of anilines is 1. The van der Waals surface area contributed by atoms with Crippen LogP contribution in [0.3, 0.4) is 0 Å². The van der Waals surface area contributed by atoms with Crippen molar-refractivity contribution in [3.05, 3.63) is 89.3 Å². The molecule has 16 nitrogen and oxygen atoms in total. The Hall–Kier alpha value is -5.73. The van der Waals surface area contributed by atoms with E-state index in [0.717, 1.165) is 0 Å². The van der Waals surface area contributed by atoms with E-state index in [9.17, 15) is 40.3 Å². The highest BCUT2D eigenvalue weighted by Gasteiger charge is 2.32. The highest BCUT2D eigenvalue weighted by atomic mass is 32.2. The molecule has 0 aromatic heterocycles. The van der Waals surface area contributed by atoms with Crippen LogP contribution in [0.5, 0.6) is 5.75 Å². The molecular formula is C40H43N5O11S3. The number of hydrogen-bond donors (Lipinski definition) is 5. The molecule has 0 fully saturated rings. The Morgan fingerprint density at radius 1 is 0.898 bits per heavy atom. The first kappa shape index (κ1) is 44.4. The molecule has 312 valence electrons. The summed E-state index contributed by atoms with van der Waals surface area (Å²) in [6, 6.07) is 18.8. The minimum absolute atomic E-state index is 0.0348. The highest BCUT2D eigenvalue weighted by Crippen LogP contribution is 2.46. The van der Waals surface area contributed by atoms with Crippen molar-refractivity contribution in [2.75, 3.05) is 51.7 Å². The number of ether oxygens (including phenoxy) is 1. The topological polar surface area (TPSA) is 234 Å². The maximum absolute atomic E-state index is 14.1. The number of nitrogens with zero attached hydrogens (tertiary/aromatic N) is 2. The number of nitrogens with one attached hydrogen (secondary N) is 3. The number of benzene rings is 4. The molecule has 0 saturated carbocycles. The van der Waals surface area contributed by atoms with E-state index in [2.05, 4.69) is 20.9 Å². The molecule has 0 radical (unpaired) electrons. The van der Waals surface area contributed by atoms with Gasteiger partial charge in [0.25, 0.3) is 32.1 Å². The molecule has 19 heteroatoms. The van der Waals surface area contributed by atoms with Gasteiger partial charge in [0.1, 0.15) is 12.4 Å². The molecule has 0 spiro atoms. The van der Waals surface area contributed by atoms with Crippen molar-refractivity contribution in [2.24, 2.45) is 4.99 Å². The lowest BCUT2D eigenvalue weighted by molar-refractivity contribution is -0.121. The smallest absolute Gasteiger partial charge is 0.300 e. The molecule has 1 heterocycles. The van der Waals surface area contributed by atoms with Gasteiger partial charge < -0.3 is 30.0 Å². The fourth-order valence-electron chi connectivity index (χ4n) is 6.48. The Morgan fingerprint density at radius 3 is 2.32 bits per heavy atom. The summed E-state index contributed by atoms with van der Waals surface area (Å²) in [6.45, 7) is 4.44. The van der Waals surface area contributed by atoms with Crippen LogP contribution < -0.4 is 26.0 Å². The van der Waals surface area contributed by atoms with E-state index in [-0.39, 0.29) is 103 Å². The van der Waals surface area contributed by atoms with E-state index in [4.69, 9.17) is 21.4 Å². The van der Waals surface area contributed by atoms with E-state index in [0.29, 0.717) is 11.3 Å². The molecule has 0 saturated heterocycles. The fraction of sp³-hybridized carbons (Fsp3) is 0.275. The van der Waals surface area contributed by atoms with Crippen LogP contribution in [0.1, 0.15) is 47.4 Å².